The summed E-state index contributed by atoms with van der Waals surface area (Å²) in [5.41, 5.74) is 2.74. The molecule has 0 radical (unpaired) electrons. The van der Waals surface area contributed by atoms with Crippen molar-refractivity contribution < 1.29 is 4.79 Å². The van der Waals surface area contributed by atoms with Crippen LogP contribution >= 0.6 is 11.6 Å². The molecule has 114 valence electrons. The van der Waals surface area contributed by atoms with Crippen LogP contribution in [0.4, 0.5) is 5.82 Å². The highest BCUT2D eigenvalue weighted by Crippen LogP contribution is 2.36. The normalized spacial score (nSPS) is 16.7. The summed E-state index contributed by atoms with van der Waals surface area (Å²) in [6.07, 6.45) is 5.60. The van der Waals surface area contributed by atoms with Gasteiger partial charge in [-0.1, -0.05) is 17.7 Å². The van der Waals surface area contributed by atoms with Gasteiger partial charge < -0.3 is 5.32 Å². The summed E-state index contributed by atoms with van der Waals surface area (Å²) < 4.78 is 1.87. The average Bonchev–Trinajstić information content (AvgIpc) is 2.99. The van der Waals surface area contributed by atoms with Crippen LogP contribution in [0.2, 0.25) is 5.02 Å². The third kappa shape index (κ3) is 2.49. The molecule has 2 aromatic heterocycles. The Morgan fingerprint density at radius 1 is 1.22 bits per heavy atom. The minimum atomic E-state index is -0.0824. The maximum Gasteiger partial charge on any atom is 0.226 e. The summed E-state index contributed by atoms with van der Waals surface area (Å²) in [6.45, 7) is 0. The average molecular weight is 325 g/mol. The van der Waals surface area contributed by atoms with Gasteiger partial charge in [-0.15, -0.1) is 0 Å². The first-order chi connectivity index (χ1) is 11.2. The highest BCUT2D eigenvalue weighted by Gasteiger charge is 2.30. The van der Waals surface area contributed by atoms with Gasteiger partial charge in [-0.05, 0) is 35.9 Å². The topological polar surface area (TPSA) is 59.8 Å². The maximum atomic E-state index is 12.2. The molecular formula is C17H13ClN4O. The Morgan fingerprint density at radius 2 is 2.04 bits per heavy atom. The van der Waals surface area contributed by atoms with Crippen molar-refractivity contribution in [2.24, 2.45) is 0 Å². The molecule has 1 atom stereocenters. The van der Waals surface area contributed by atoms with Gasteiger partial charge in [0.05, 0.1) is 5.69 Å². The fourth-order valence-electron chi connectivity index (χ4n) is 2.86. The molecule has 23 heavy (non-hydrogen) atoms. The van der Waals surface area contributed by atoms with Crippen molar-refractivity contribution in [2.75, 3.05) is 5.32 Å². The van der Waals surface area contributed by atoms with Gasteiger partial charge in [0, 0.05) is 35.4 Å². The van der Waals surface area contributed by atoms with Crippen molar-refractivity contribution in [3.8, 4) is 5.69 Å². The Hall–Kier alpha value is -2.66. The highest BCUT2D eigenvalue weighted by atomic mass is 35.5. The number of pyridine rings is 1. The Morgan fingerprint density at radius 3 is 2.78 bits per heavy atom. The molecule has 0 spiro atoms. The van der Waals surface area contributed by atoms with Crippen molar-refractivity contribution in [1.82, 2.24) is 14.5 Å². The van der Waals surface area contributed by atoms with Gasteiger partial charge in [0.15, 0.2) is 0 Å². The van der Waals surface area contributed by atoms with Gasteiger partial charge >= 0.3 is 0 Å². The summed E-state index contributed by atoms with van der Waals surface area (Å²) in [5, 5.41) is 3.60. The molecule has 1 N–H and O–H groups in total. The van der Waals surface area contributed by atoms with Gasteiger partial charge in [-0.2, -0.15) is 0 Å². The van der Waals surface area contributed by atoms with Crippen molar-refractivity contribution in [1.29, 1.82) is 0 Å². The second-order valence-electron chi connectivity index (χ2n) is 5.42. The van der Waals surface area contributed by atoms with Crippen LogP contribution < -0.4 is 5.32 Å². The van der Waals surface area contributed by atoms with E-state index in [1.807, 2.05) is 41.0 Å². The lowest BCUT2D eigenvalue weighted by molar-refractivity contribution is -0.116. The molecule has 1 amide bonds. The molecule has 0 saturated heterocycles. The van der Waals surface area contributed by atoms with E-state index in [0.29, 0.717) is 17.3 Å². The van der Waals surface area contributed by atoms with Crippen molar-refractivity contribution >= 4 is 23.3 Å². The predicted molar refractivity (Wildman–Crippen MR) is 87.9 cm³/mol. The van der Waals surface area contributed by atoms with Crippen LogP contribution in [0.15, 0.2) is 55.1 Å². The van der Waals surface area contributed by atoms with E-state index in [0.717, 1.165) is 16.9 Å². The summed E-state index contributed by atoms with van der Waals surface area (Å²) >= 11 is 5.94. The minimum absolute atomic E-state index is 0.0259. The molecule has 3 heterocycles. The summed E-state index contributed by atoms with van der Waals surface area (Å²) in [4.78, 5) is 20.8. The Kier molecular flexibility index (Phi) is 3.35. The SMILES string of the molecule is O=C1C[C@H](c2cccnc2)c2ncn(-c3ccc(Cl)cc3)c2N1. The van der Waals surface area contributed by atoms with Gasteiger partial charge in [0.1, 0.15) is 12.1 Å². The number of hydrogen-bond acceptors (Lipinski definition) is 3. The smallest absolute Gasteiger partial charge is 0.226 e. The number of rotatable bonds is 2. The number of aromatic nitrogens is 3. The van der Waals surface area contributed by atoms with Crippen LogP contribution in [0.25, 0.3) is 5.69 Å². The molecule has 0 bridgehead atoms. The lowest BCUT2D eigenvalue weighted by Crippen LogP contribution is -2.24. The number of amides is 1. The van der Waals surface area contributed by atoms with E-state index in [1.165, 1.54) is 0 Å². The number of nitrogens with one attached hydrogen (secondary N) is 1. The van der Waals surface area contributed by atoms with E-state index < -0.39 is 0 Å². The van der Waals surface area contributed by atoms with Gasteiger partial charge in [0.25, 0.3) is 0 Å². The molecular weight excluding hydrogens is 312 g/mol. The lowest BCUT2D eigenvalue weighted by atomic mass is 9.91. The predicted octanol–water partition coefficient (Wildman–Crippen LogP) is 3.39. The van der Waals surface area contributed by atoms with Gasteiger partial charge in [-0.25, -0.2) is 4.98 Å². The van der Waals surface area contributed by atoms with E-state index in [2.05, 4.69) is 15.3 Å². The number of carbonyl (C=O) groups excluding carboxylic acids is 1. The second-order valence-corrected chi connectivity index (χ2v) is 5.85. The van der Waals surface area contributed by atoms with Crippen LogP contribution in [0.3, 0.4) is 0 Å². The van der Waals surface area contributed by atoms with Crippen LogP contribution in [0.5, 0.6) is 0 Å². The molecule has 0 fully saturated rings. The maximum absolute atomic E-state index is 12.2. The van der Waals surface area contributed by atoms with Crippen molar-refractivity contribution in [2.45, 2.75) is 12.3 Å². The van der Waals surface area contributed by atoms with Gasteiger partial charge in [-0.3, -0.25) is 14.3 Å². The first-order valence-corrected chi connectivity index (χ1v) is 7.63. The summed E-state index contributed by atoms with van der Waals surface area (Å²) in [6, 6.07) is 11.3. The zero-order valence-corrected chi connectivity index (χ0v) is 12.9. The quantitative estimate of drug-likeness (QED) is 0.786. The van der Waals surface area contributed by atoms with Crippen LogP contribution in [0, 0.1) is 0 Å². The fourth-order valence-corrected chi connectivity index (χ4v) is 2.99. The van der Waals surface area contributed by atoms with Crippen molar-refractivity contribution in [3.63, 3.8) is 0 Å². The van der Waals surface area contributed by atoms with Crippen LogP contribution in [-0.2, 0) is 4.79 Å². The van der Waals surface area contributed by atoms with Crippen molar-refractivity contribution in [3.05, 3.63) is 71.4 Å². The van der Waals surface area contributed by atoms with Gasteiger partial charge in [0.2, 0.25) is 5.91 Å². The first kappa shape index (κ1) is 14.0. The largest absolute Gasteiger partial charge is 0.310 e. The number of anilines is 1. The molecule has 1 aliphatic heterocycles. The van der Waals surface area contributed by atoms with E-state index >= 15 is 0 Å². The summed E-state index contributed by atoms with van der Waals surface area (Å²) in [5.74, 6) is 0.598. The molecule has 1 aromatic carbocycles. The number of nitrogens with zero attached hydrogens (tertiary/aromatic N) is 3. The number of hydrogen-bond donors (Lipinski definition) is 1. The molecule has 3 aromatic rings. The Labute approximate surface area is 138 Å². The molecule has 5 nitrogen and oxygen atoms in total. The van der Waals surface area contributed by atoms with E-state index in [-0.39, 0.29) is 11.8 Å². The number of benzene rings is 1. The lowest BCUT2D eigenvalue weighted by Gasteiger charge is -2.23. The molecule has 0 aliphatic carbocycles. The van der Waals surface area contributed by atoms with E-state index in [1.54, 1.807) is 18.7 Å². The third-order valence-electron chi connectivity index (χ3n) is 3.96. The minimum Gasteiger partial charge on any atom is -0.310 e. The van der Waals surface area contributed by atoms with Crippen LogP contribution in [-0.4, -0.2) is 20.4 Å². The fraction of sp³-hybridized carbons (Fsp3) is 0.118. The molecule has 1 aliphatic rings. The Balaban J connectivity index is 1.81. The van der Waals surface area contributed by atoms with Crippen LogP contribution in [0.1, 0.15) is 23.6 Å². The molecule has 6 heteroatoms. The highest BCUT2D eigenvalue weighted by molar-refractivity contribution is 6.30. The monoisotopic (exact) mass is 324 g/mol. The zero-order valence-electron chi connectivity index (χ0n) is 12.1. The molecule has 4 rings (SSSR count). The molecule has 0 saturated carbocycles. The standard InChI is InChI=1S/C17H13ClN4O/c18-12-3-5-13(6-4-12)22-10-20-16-14(8-15(23)21-17(16)22)11-2-1-7-19-9-11/h1-7,9-10,14H,8H2,(H,21,23)/t14-/m1/s1. The first-order valence-electron chi connectivity index (χ1n) is 7.25. The Bertz CT molecular complexity index is 858. The van der Waals surface area contributed by atoms with E-state index in [9.17, 15) is 4.79 Å². The summed E-state index contributed by atoms with van der Waals surface area (Å²) in [7, 11) is 0. The number of fused-ring (bicyclic) bond motifs is 1. The molecule has 0 unspecified atom stereocenters. The van der Waals surface area contributed by atoms with E-state index in [4.69, 9.17) is 11.6 Å². The number of imidazole rings is 1. The number of halogens is 1. The second kappa shape index (κ2) is 5.52. The third-order valence-corrected chi connectivity index (χ3v) is 4.22. The number of carbonyl (C=O) groups is 1. The zero-order chi connectivity index (χ0) is 15.8.